The van der Waals surface area contributed by atoms with Crippen molar-refractivity contribution in [1.82, 2.24) is 5.32 Å². The van der Waals surface area contributed by atoms with E-state index in [0.717, 1.165) is 17.7 Å². The molecule has 0 radical (unpaired) electrons. The SMILES string of the molecule is CCC(NC(C)C(F)F)c1ccccc1OC. The number of methoxy groups -OCH3 is 1. The monoisotopic (exact) mass is 243 g/mol. The van der Waals surface area contributed by atoms with E-state index in [2.05, 4.69) is 5.32 Å². The largest absolute Gasteiger partial charge is 0.496 e. The molecule has 1 aromatic rings. The topological polar surface area (TPSA) is 21.3 Å². The number of hydrogen-bond acceptors (Lipinski definition) is 2. The molecule has 2 nitrogen and oxygen atoms in total. The van der Waals surface area contributed by atoms with Crippen molar-refractivity contribution in [3.8, 4) is 5.75 Å². The molecule has 17 heavy (non-hydrogen) atoms. The molecule has 0 saturated carbocycles. The molecular formula is C13H19F2NO. The van der Waals surface area contributed by atoms with Crippen LogP contribution in [0.2, 0.25) is 0 Å². The maximum absolute atomic E-state index is 12.5. The summed E-state index contributed by atoms with van der Waals surface area (Å²) in [7, 11) is 1.59. The Morgan fingerprint density at radius 1 is 1.29 bits per heavy atom. The van der Waals surface area contributed by atoms with Gasteiger partial charge in [-0.25, -0.2) is 8.78 Å². The van der Waals surface area contributed by atoms with Crippen LogP contribution in [0, 0.1) is 0 Å². The summed E-state index contributed by atoms with van der Waals surface area (Å²) in [6.45, 7) is 3.45. The third-order valence-electron chi connectivity index (χ3n) is 2.76. The van der Waals surface area contributed by atoms with Crippen LogP contribution in [0.25, 0.3) is 0 Å². The Morgan fingerprint density at radius 2 is 1.94 bits per heavy atom. The van der Waals surface area contributed by atoms with Crippen LogP contribution in [0.4, 0.5) is 8.78 Å². The van der Waals surface area contributed by atoms with Crippen molar-refractivity contribution in [3.05, 3.63) is 29.8 Å². The molecule has 0 aliphatic heterocycles. The molecule has 0 aromatic heterocycles. The Bertz CT molecular complexity index is 344. The zero-order chi connectivity index (χ0) is 12.8. The molecule has 1 rings (SSSR count). The van der Waals surface area contributed by atoms with Crippen molar-refractivity contribution in [2.75, 3.05) is 7.11 Å². The summed E-state index contributed by atoms with van der Waals surface area (Å²) in [6, 6.07) is 6.55. The quantitative estimate of drug-likeness (QED) is 0.827. The maximum atomic E-state index is 12.5. The zero-order valence-electron chi connectivity index (χ0n) is 10.4. The molecule has 96 valence electrons. The fourth-order valence-corrected chi connectivity index (χ4v) is 1.77. The summed E-state index contributed by atoms with van der Waals surface area (Å²) >= 11 is 0. The number of ether oxygens (including phenoxy) is 1. The van der Waals surface area contributed by atoms with Crippen molar-refractivity contribution in [2.24, 2.45) is 0 Å². The minimum absolute atomic E-state index is 0.116. The molecule has 4 heteroatoms. The van der Waals surface area contributed by atoms with Crippen molar-refractivity contribution in [1.29, 1.82) is 0 Å². The molecule has 0 aliphatic rings. The van der Waals surface area contributed by atoms with Gasteiger partial charge in [0.2, 0.25) is 0 Å². The van der Waals surface area contributed by atoms with Crippen LogP contribution in [-0.2, 0) is 0 Å². The second-order valence-electron chi connectivity index (χ2n) is 3.99. The lowest BCUT2D eigenvalue weighted by Crippen LogP contribution is -2.35. The van der Waals surface area contributed by atoms with E-state index in [1.165, 1.54) is 6.92 Å². The fourth-order valence-electron chi connectivity index (χ4n) is 1.77. The van der Waals surface area contributed by atoms with E-state index in [0.29, 0.717) is 0 Å². The molecule has 0 amide bonds. The minimum Gasteiger partial charge on any atom is -0.496 e. The highest BCUT2D eigenvalue weighted by Gasteiger charge is 2.21. The number of benzene rings is 1. The molecule has 0 aliphatic carbocycles. The Labute approximate surface area is 101 Å². The van der Waals surface area contributed by atoms with Crippen LogP contribution < -0.4 is 10.1 Å². The highest BCUT2D eigenvalue weighted by molar-refractivity contribution is 5.35. The second kappa shape index (κ2) is 6.55. The maximum Gasteiger partial charge on any atom is 0.253 e. The molecule has 0 bridgehead atoms. The first-order valence-corrected chi connectivity index (χ1v) is 5.77. The zero-order valence-corrected chi connectivity index (χ0v) is 10.4. The number of hydrogen-bond donors (Lipinski definition) is 1. The summed E-state index contributed by atoms with van der Waals surface area (Å²) in [5, 5.41) is 2.93. The van der Waals surface area contributed by atoms with E-state index >= 15 is 0 Å². The van der Waals surface area contributed by atoms with Crippen LogP contribution in [0.15, 0.2) is 24.3 Å². The van der Waals surface area contributed by atoms with Gasteiger partial charge in [-0.3, -0.25) is 0 Å². The third-order valence-corrected chi connectivity index (χ3v) is 2.76. The van der Waals surface area contributed by atoms with Gasteiger partial charge in [0.15, 0.2) is 0 Å². The molecule has 2 atom stereocenters. The first-order valence-electron chi connectivity index (χ1n) is 5.77. The van der Waals surface area contributed by atoms with Crippen LogP contribution in [0.1, 0.15) is 31.9 Å². The highest BCUT2D eigenvalue weighted by Crippen LogP contribution is 2.27. The lowest BCUT2D eigenvalue weighted by Gasteiger charge is -2.23. The predicted molar refractivity (Wildman–Crippen MR) is 64.6 cm³/mol. The second-order valence-corrected chi connectivity index (χ2v) is 3.99. The van der Waals surface area contributed by atoms with Gasteiger partial charge < -0.3 is 10.1 Å². The number of rotatable bonds is 6. The average Bonchev–Trinajstić information content (AvgIpc) is 2.35. The molecule has 1 N–H and O–H groups in total. The van der Waals surface area contributed by atoms with Gasteiger partial charge in [-0.15, -0.1) is 0 Å². The third kappa shape index (κ3) is 3.66. The van der Waals surface area contributed by atoms with Gasteiger partial charge in [-0.1, -0.05) is 25.1 Å². The predicted octanol–water partition coefficient (Wildman–Crippen LogP) is 3.39. The summed E-state index contributed by atoms with van der Waals surface area (Å²) < 4.78 is 30.3. The number of halogens is 2. The van der Waals surface area contributed by atoms with Gasteiger partial charge in [0.05, 0.1) is 13.2 Å². The van der Waals surface area contributed by atoms with Gasteiger partial charge in [-0.05, 0) is 19.4 Å². The van der Waals surface area contributed by atoms with Crippen LogP contribution in [0.3, 0.4) is 0 Å². The Morgan fingerprint density at radius 3 is 2.47 bits per heavy atom. The van der Waals surface area contributed by atoms with Gasteiger partial charge >= 0.3 is 0 Å². The Kier molecular flexibility index (Phi) is 5.35. The standard InChI is InChI=1S/C13H19F2NO/c1-4-11(16-9(2)13(14)15)10-7-5-6-8-12(10)17-3/h5-9,11,13,16H,4H2,1-3H3. The lowest BCUT2D eigenvalue weighted by molar-refractivity contribution is 0.0992. The van der Waals surface area contributed by atoms with Crippen molar-refractivity contribution < 1.29 is 13.5 Å². The summed E-state index contributed by atoms with van der Waals surface area (Å²) in [5.74, 6) is 0.730. The minimum atomic E-state index is -2.36. The highest BCUT2D eigenvalue weighted by atomic mass is 19.3. The smallest absolute Gasteiger partial charge is 0.253 e. The van der Waals surface area contributed by atoms with E-state index in [4.69, 9.17) is 4.74 Å². The van der Waals surface area contributed by atoms with Crippen molar-refractivity contribution >= 4 is 0 Å². The van der Waals surface area contributed by atoms with E-state index < -0.39 is 12.5 Å². The van der Waals surface area contributed by atoms with Crippen LogP contribution in [-0.4, -0.2) is 19.6 Å². The van der Waals surface area contributed by atoms with Gasteiger partial charge in [-0.2, -0.15) is 0 Å². The summed E-state index contributed by atoms with van der Waals surface area (Å²) in [4.78, 5) is 0. The van der Waals surface area contributed by atoms with Crippen LogP contribution >= 0.6 is 0 Å². The van der Waals surface area contributed by atoms with Crippen LogP contribution in [0.5, 0.6) is 5.75 Å². The fraction of sp³-hybridized carbons (Fsp3) is 0.538. The van der Waals surface area contributed by atoms with Gasteiger partial charge in [0, 0.05) is 11.6 Å². The number of nitrogens with one attached hydrogen (secondary N) is 1. The molecule has 2 unspecified atom stereocenters. The summed E-state index contributed by atoms with van der Waals surface area (Å²) in [6.07, 6.45) is -1.63. The normalized spacial score (nSPS) is 14.7. The van der Waals surface area contributed by atoms with E-state index in [9.17, 15) is 8.78 Å². The van der Waals surface area contributed by atoms with Gasteiger partial charge in [0.1, 0.15) is 5.75 Å². The molecular weight excluding hydrogens is 224 g/mol. The van der Waals surface area contributed by atoms with Gasteiger partial charge in [0.25, 0.3) is 6.43 Å². The number of para-hydroxylation sites is 1. The molecule has 0 fully saturated rings. The van der Waals surface area contributed by atoms with E-state index in [-0.39, 0.29) is 6.04 Å². The average molecular weight is 243 g/mol. The molecule has 0 saturated heterocycles. The van der Waals surface area contributed by atoms with Crippen molar-refractivity contribution in [2.45, 2.75) is 38.8 Å². The lowest BCUT2D eigenvalue weighted by atomic mass is 10.0. The molecule has 0 spiro atoms. The van der Waals surface area contributed by atoms with E-state index in [1.54, 1.807) is 7.11 Å². The Hall–Kier alpha value is -1.16. The van der Waals surface area contributed by atoms with Crippen molar-refractivity contribution in [3.63, 3.8) is 0 Å². The first-order chi connectivity index (χ1) is 8.10. The molecule has 1 aromatic carbocycles. The molecule has 0 heterocycles. The Balaban J connectivity index is 2.86. The first kappa shape index (κ1) is 13.9. The van der Waals surface area contributed by atoms with E-state index in [1.807, 2.05) is 31.2 Å². The summed E-state index contributed by atoms with van der Waals surface area (Å²) in [5.41, 5.74) is 0.921. The number of alkyl halides is 2.